The van der Waals surface area contributed by atoms with Crippen LogP contribution in [0.1, 0.15) is 49.6 Å². The maximum atomic E-state index is 5.83. The van der Waals surface area contributed by atoms with Gasteiger partial charge in [0.1, 0.15) is 0 Å². The standard InChI is InChI=1S/C13H21N3S/c1-13(2)5-6-16(8-13)12-15-11(9-3-4-9)10(7-14)17-12/h9H,3-8,14H2,1-2H3. The van der Waals surface area contributed by atoms with Crippen LogP contribution in [0.4, 0.5) is 5.13 Å². The Balaban J connectivity index is 1.83. The molecule has 2 heterocycles. The van der Waals surface area contributed by atoms with E-state index in [1.807, 2.05) is 11.3 Å². The van der Waals surface area contributed by atoms with Crippen LogP contribution in [0.25, 0.3) is 0 Å². The van der Waals surface area contributed by atoms with Gasteiger partial charge in [0.25, 0.3) is 0 Å². The summed E-state index contributed by atoms with van der Waals surface area (Å²) in [6.07, 6.45) is 3.88. The molecule has 0 bridgehead atoms. The number of nitrogens with two attached hydrogens (primary N) is 1. The monoisotopic (exact) mass is 251 g/mol. The Morgan fingerprint density at radius 3 is 2.76 bits per heavy atom. The van der Waals surface area contributed by atoms with Crippen LogP contribution >= 0.6 is 11.3 Å². The number of anilines is 1. The average molecular weight is 251 g/mol. The number of thiazole rings is 1. The average Bonchev–Trinajstić information content (AvgIpc) is 2.93. The van der Waals surface area contributed by atoms with E-state index in [1.54, 1.807) is 0 Å². The quantitative estimate of drug-likeness (QED) is 0.898. The highest BCUT2D eigenvalue weighted by molar-refractivity contribution is 7.15. The van der Waals surface area contributed by atoms with Crippen LogP contribution in [0, 0.1) is 5.41 Å². The predicted molar refractivity (Wildman–Crippen MR) is 72.6 cm³/mol. The van der Waals surface area contributed by atoms with Crippen LogP contribution < -0.4 is 10.6 Å². The van der Waals surface area contributed by atoms with Gasteiger partial charge in [-0.2, -0.15) is 0 Å². The van der Waals surface area contributed by atoms with Crippen LogP contribution in [0.15, 0.2) is 0 Å². The summed E-state index contributed by atoms with van der Waals surface area (Å²) in [5.74, 6) is 0.717. The molecule has 3 rings (SSSR count). The van der Waals surface area contributed by atoms with Crippen molar-refractivity contribution in [2.75, 3.05) is 18.0 Å². The first-order valence-corrected chi connectivity index (χ1v) is 7.35. The Kier molecular flexibility index (Phi) is 2.67. The minimum absolute atomic E-state index is 0.439. The molecular formula is C13H21N3S. The van der Waals surface area contributed by atoms with Crippen molar-refractivity contribution in [2.45, 2.75) is 45.6 Å². The molecule has 1 aromatic rings. The Morgan fingerprint density at radius 1 is 1.47 bits per heavy atom. The molecule has 1 aliphatic heterocycles. The van der Waals surface area contributed by atoms with Crippen molar-refractivity contribution in [1.29, 1.82) is 0 Å². The molecule has 2 fully saturated rings. The fourth-order valence-electron chi connectivity index (χ4n) is 2.58. The second-order valence-corrected chi connectivity index (χ2v) is 7.18. The Morgan fingerprint density at radius 2 is 2.24 bits per heavy atom. The molecular weight excluding hydrogens is 230 g/mol. The molecule has 17 heavy (non-hydrogen) atoms. The van der Waals surface area contributed by atoms with E-state index in [0.717, 1.165) is 13.1 Å². The van der Waals surface area contributed by atoms with Gasteiger partial charge in [-0.15, -0.1) is 11.3 Å². The zero-order valence-corrected chi connectivity index (χ0v) is 11.5. The fraction of sp³-hybridized carbons (Fsp3) is 0.769. The van der Waals surface area contributed by atoms with Gasteiger partial charge in [0.15, 0.2) is 5.13 Å². The summed E-state index contributed by atoms with van der Waals surface area (Å²) in [6, 6.07) is 0. The molecule has 0 spiro atoms. The predicted octanol–water partition coefficient (Wildman–Crippen LogP) is 2.72. The lowest BCUT2D eigenvalue weighted by molar-refractivity contribution is 0.418. The van der Waals surface area contributed by atoms with Gasteiger partial charge in [0.05, 0.1) is 5.69 Å². The van der Waals surface area contributed by atoms with Crippen LogP contribution in [0.5, 0.6) is 0 Å². The Labute approximate surface area is 107 Å². The zero-order valence-electron chi connectivity index (χ0n) is 10.7. The van der Waals surface area contributed by atoms with Crippen LogP contribution in [0.2, 0.25) is 0 Å². The van der Waals surface area contributed by atoms with Crippen LogP contribution in [0.3, 0.4) is 0 Å². The van der Waals surface area contributed by atoms with Crippen molar-refractivity contribution in [3.8, 4) is 0 Å². The van der Waals surface area contributed by atoms with Gasteiger partial charge >= 0.3 is 0 Å². The van der Waals surface area contributed by atoms with E-state index >= 15 is 0 Å². The molecule has 4 heteroatoms. The molecule has 94 valence electrons. The molecule has 1 aliphatic carbocycles. The maximum absolute atomic E-state index is 5.83. The summed E-state index contributed by atoms with van der Waals surface area (Å²) in [4.78, 5) is 8.61. The second kappa shape index (κ2) is 3.95. The summed E-state index contributed by atoms with van der Waals surface area (Å²) in [5, 5.41) is 1.21. The molecule has 1 aromatic heterocycles. The first-order chi connectivity index (χ1) is 8.09. The first-order valence-electron chi connectivity index (χ1n) is 6.54. The maximum Gasteiger partial charge on any atom is 0.185 e. The number of hydrogen-bond acceptors (Lipinski definition) is 4. The SMILES string of the molecule is CC1(C)CCN(c2nc(C3CC3)c(CN)s2)C1. The van der Waals surface area contributed by atoms with Crippen LogP contribution in [-0.2, 0) is 6.54 Å². The number of nitrogens with zero attached hydrogens (tertiary/aromatic N) is 2. The largest absolute Gasteiger partial charge is 0.348 e. The minimum Gasteiger partial charge on any atom is -0.348 e. The third-order valence-corrected chi connectivity index (χ3v) is 4.97. The normalized spacial score (nSPS) is 23.4. The third kappa shape index (κ3) is 2.20. The molecule has 0 amide bonds. The third-order valence-electron chi connectivity index (χ3n) is 3.81. The minimum atomic E-state index is 0.439. The van der Waals surface area contributed by atoms with Gasteiger partial charge in [0, 0.05) is 30.4 Å². The summed E-state index contributed by atoms with van der Waals surface area (Å²) >= 11 is 1.82. The van der Waals surface area contributed by atoms with Crippen molar-refractivity contribution >= 4 is 16.5 Å². The molecule has 1 saturated heterocycles. The van der Waals surface area contributed by atoms with E-state index in [-0.39, 0.29) is 0 Å². The molecule has 0 unspecified atom stereocenters. The topological polar surface area (TPSA) is 42.2 Å². The molecule has 1 saturated carbocycles. The second-order valence-electron chi connectivity index (χ2n) is 6.12. The van der Waals surface area contributed by atoms with Gasteiger partial charge < -0.3 is 10.6 Å². The summed E-state index contributed by atoms with van der Waals surface area (Å²) in [5.41, 5.74) is 7.58. The lowest BCUT2D eigenvalue weighted by Gasteiger charge is -2.18. The smallest absolute Gasteiger partial charge is 0.185 e. The van der Waals surface area contributed by atoms with Crippen molar-refractivity contribution in [2.24, 2.45) is 11.1 Å². The van der Waals surface area contributed by atoms with E-state index in [9.17, 15) is 0 Å². The van der Waals surface area contributed by atoms with Gasteiger partial charge in [-0.3, -0.25) is 0 Å². The molecule has 3 nitrogen and oxygen atoms in total. The fourth-order valence-corrected chi connectivity index (χ4v) is 3.63. The van der Waals surface area contributed by atoms with Crippen molar-refractivity contribution < 1.29 is 0 Å². The zero-order chi connectivity index (χ0) is 12.0. The van der Waals surface area contributed by atoms with Crippen molar-refractivity contribution in [1.82, 2.24) is 4.98 Å². The summed E-state index contributed by atoms with van der Waals surface area (Å²) < 4.78 is 0. The van der Waals surface area contributed by atoms with Gasteiger partial charge in [-0.1, -0.05) is 13.8 Å². The molecule has 0 aromatic carbocycles. The number of aromatic nitrogens is 1. The number of hydrogen-bond donors (Lipinski definition) is 1. The summed E-state index contributed by atoms with van der Waals surface area (Å²) in [6.45, 7) is 7.61. The van der Waals surface area contributed by atoms with E-state index in [2.05, 4.69) is 18.7 Å². The highest BCUT2D eigenvalue weighted by Gasteiger charge is 2.34. The van der Waals surface area contributed by atoms with Crippen molar-refractivity contribution in [3.63, 3.8) is 0 Å². The van der Waals surface area contributed by atoms with E-state index in [4.69, 9.17) is 10.7 Å². The number of rotatable bonds is 3. The molecule has 0 atom stereocenters. The molecule has 2 N–H and O–H groups in total. The highest BCUT2D eigenvalue weighted by atomic mass is 32.1. The summed E-state index contributed by atoms with van der Waals surface area (Å²) in [7, 11) is 0. The lowest BCUT2D eigenvalue weighted by atomic mass is 9.93. The van der Waals surface area contributed by atoms with E-state index in [1.165, 1.54) is 35.0 Å². The lowest BCUT2D eigenvalue weighted by Crippen LogP contribution is -2.22. The molecule has 2 aliphatic rings. The Bertz CT molecular complexity index is 420. The van der Waals surface area contributed by atoms with E-state index < -0.39 is 0 Å². The van der Waals surface area contributed by atoms with Crippen molar-refractivity contribution in [3.05, 3.63) is 10.6 Å². The van der Waals surface area contributed by atoms with E-state index in [0.29, 0.717) is 17.9 Å². The Hall–Kier alpha value is -0.610. The van der Waals surface area contributed by atoms with Gasteiger partial charge in [0.2, 0.25) is 0 Å². The highest BCUT2D eigenvalue weighted by Crippen LogP contribution is 2.45. The first kappa shape index (κ1) is 11.5. The van der Waals surface area contributed by atoms with Crippen LogP contribution in [-0.4, -0.2) is 18.1 Å². The van der Waals surface area contributed by atoms with Gasteiger partial charge in [-0.25, -0.2) is 4.98 Å². The van der Waals surface area contributed by atoms with Gasteiger partial charge in [-0.05, 0) is 24.7 Å². The molecule has 0 radical (unpaired) electrons.